The van der Waals surface area contributed by atoms with Crippen LogP contribution in [0.15, 0.2) is 29.4 Å². The zero-order chi connectivity index (χ0) is 9.10. The molecule has 0 atom stereocenters. The van der Waals surface area contributed by atoms with Crippen LogP contribution < -0.4 is 5.32 Å². The Morgan fingerprint density at radius 1 is 1.46 bits per heavy atom. The van der Waals surface area contributed by atoms with Crippen molar-refractivity contribution in [1.82, 2.24) is 4.98 Å². The molecule has 1 aromatic heterocycles. The topological polar surface area (TPSA) is 37.3 Å². The van der Waals surface area contributed by atoms with Crippen molar-refractivity contribution in [2.45, 2.75) is 0 Å². The van der Waals surface area contributed by atoms with Gasteiger partial charge >= 0.3 is 0 Å². The van der Waals surface area contributed by atoms with Crippen LogP contribution in [0.1, 0.15) is 5.56 Å². The summed E-state index contributed by atoms with van der Waals surface area (Å²) in [5.41, 5.74) is 2.35. The van der Waals surface area contributed by atoms with Gasteiger partial charge in [0.25, 0.3) is 0 Å². The lowest BCUT2D eigenvalue weighted by molar-refractivity contribution is 1.28. The van der Waals surface area contributed by atoms with Gasteiger partial charge in [0.2, 0.25) is 0 Å². The number of nitrogens with one attached hydrogen (secondary N) is 1. The Bertz CT molecular complexity index is 366. The molecule has 0 aromatic carbocycles. The van der Waals surface area contributed by atoms with Crippen LogP contribution in [0.2, 0.25) is 0 Å². The summed E-state index contributed by atoms with van der Waals surface area (Å²) in [4.78, 5) is 8.28. The summed E-state index contributed by atoms with van der Waals surface area (Å²) in [5, 5.41) is 3.01. The molecule has 0 bridgehead atoms. The Morgan fingerprint density at radius 3 is 3.08 bits per heavy atom. The van der Waals surface area contributed by atoms with Crippen LogP contribution in [-0.2, 0) is 0 Å². The normalized spacial score (nSPS) is 14.4. The van der Waals surface area contributed by atoms with E-state index in [4.69, 9.17) is 0 Å². The SMILES string of the molecule is CNc1cc(C2=CCN=C2)ccn1. The van der Waals surface area contributed by atoms with Gasteiger partial charge in [0.05, 0.1) is 6.54 Å². The zero-order valence-electron chi connectivity index (χ0n) is 7.49. The van der Waals surface area contributed by atoms with E-state index in [1.165, 1.54) is 11.1 Å². The number of aromatic nitrogens is 1. The van der Waals surface area contributed by atoms with Crippen LogP contribution in [0.5, 0.6) is 0 Å². The van der Waals surface area contributed by atoms with Crippen molar-refractivity contribution in [2.24, 2.45) is 4.99 Å². The van der Waals surface area contributed by atoms with Crippen LogP contribution in [0, 0.1) is 0 Å². The molecule has 1 aliphatic rings. The quantitative estimate of drug-likeness (QED) is 0.737. The van der Waals surface area contributed by atoms with E-state index in [1.807, 2.05) is 25.4 Å². The number of pyridine rings is 1. The molecule has 0 unspecified atom stereocenters. The number of allylic oxidation sites excluding steroid dienone is 1. The minimum atomic E-state index is 0.798. The van der Waals surface area contributed by atoms with Gasteiger partial charge < -0.3 is 5.32 Å². The van der Waals surface area contributed by atoms with Crippen LogP contribution in [0.25, 0.3) is 5.57 Å². The number of hydrogen-bond acceptors (Lipinski definition) is 3. The molecule has 1 aromatic rings. The predicted octanol–water partition coefficient (Wildman–Crippen LogP) is 1.59. The number of hydrogen-bond donors (Lipinski definition) is 1. The van der Waals surface area contributed by atoms with Gasteiger partial charge in [-0.1, -0.05) is 6.08 Å². The molecule has 0 fully saturated rings. The summed E-state index contributed by atoms with van der Waals surface area (Å²) < 4.78 is 0. The summed E-state index contributed by atoms with van der Waals surface area (Å²) >= 11 is 0. The first-order valence-electron chi connectivity index (χ1n) is 4.24. The molecule has 0 aliphatic carbocycles. The minimum Gasteiger partial charge on any atom is -0.373 e. The van der Waals surface area contributed by atoms with E-state index < -0.39 is 0 Å². The summed E-state index contributed by atoms with van der Waals surface area (Å²) in [6.45, 7) is 0.798. The third kappa shape index (κ3) is 1.59. The molecule has 0 saturated carbocycles. The Morgan fingerprint density at radius 2 is 2.38 bits per heavy atom. The highest BCUT2D eigenvalue weighted by atomic mass is 14.9. The molecule has 0 amide bonds. The van der Waals surface area contributed by atoms with Crippen LogP contribution in [-0.4, -0.2) is 24.8 Å². The summed E-state index contributed by atoms with van der Waals surface area (Å²) in [7, 11) is 1.86. The molecule has 66 valence electrons. The smallest absolute Gasteiger partial charge is 0.126 e. The molecule has 2 heterocycles. The molecular formula is C10H11N3. The van der Waals surface area contributed by atoms with Gasteiger partial charge in [0.15, 0.2) is 0 Å². The summed E-state index contributed by atoms with van der Waals surface area (Å²) in [5.74, 6) is 0.888. The second-order valence-corrected chi connectivity index (χ2v) is 2.83. The zero-order valence-corrected chi connectivity index (χ0v) is 7.49. The maximum absolute atomic E-state index is 4.15. The summed E-state index contributed by atoms with van der Waals surface area (Å²) in [6, 6.07) is 4.01. The van der Waals surface area contributed by atoms with E-state index in [-0.39, 0.29) is 0 Å². The number of anilines is 1. The number of rotatable bonds is 2. The van der Waals surface area contributed by atoms with E-state index in [1.54, 1.807) is 6.20 Å². The Hall–Kier alpha value is -1.64. The molecule has 0 radical (unpaired) electrons. The van der Waals surface area contributed by atoms with Gasteiger partial charge in [-0.05, 0) is 23.3 Å². The van der Waals surface area contributed by atoms with Gasteiger partial charge in [0.1, 0.15) is 5.82 Å². The van der Waals surface area contributed by atoms with Gasteiger partial charge in [-0.15, -0.1) is 0 Å². The third-order valence-electron chi connectivity index (χ3n) is 2.00. The predicted molar refractivity (Wildman–Crippen MR) is 55.1 cm³/mol. The standard InChI is InChI=1S/C10H11N3/c1-11-10-6-8(3-5-13-10)9-2-4-12-7-9/h2-3,5-7H,4H2,1H3,(H,11,13). The molecule has 0 saturated heterocycles. The highest BCUT2D eigenvalue weighted by molar-refractivity contribution is 6.11. The van der Waals surface area contributed by atoms with Crippen molar-refractivity contribution in [2.75, 3.05) is 18.9 Å². The fourth-order valence-corrected chi connectivity index (χ4v) is 1.29. The third-order valence-corrected chi connectivity index (χ3v) is 2.00. The van der Waals surface area contributed by atoms with E-state index in [2.05, 4.69) is 21.4 Å². The lowest BCUT2D eigenvalue weighted by Gasteiger charge is -2.02. The van der Waals surface area contributed by atoms with E-state index >= 15 is 0 Å². The summed E-state index contributed by atoms with van der Waals surface area (Å²) in [6.07, 6.45) is 5.80. The molecular weight excluding hydrogens is 162 g/mol. The maximum Gasteiger partial charge on any atom is 0.126 e. The van der Waals surface area contributed by atoms with Gasteiger partial charge in [-0.3, -0.25) is 4.99 Å². The van der Waals surface area contributed by atoms with Gasteiger partial charge in [-0.2, -0.15) is 0 Å². The van der Waals surface area contributed by atoms with Crippen LogP contribution in [0.3, 0.4) is 0 Å². The van der Waals surface area contributed by atoms with Crippen molar-refractivity contribution in [3.8, 4) is 0 Å². The van der Waals surface area contributed by atoms with Crippen molar-refractivity contribution in [3.63, 3.8) is 0 Å². The molecule has 3 heteroatoms. The largest absolute Gasteiger partial charge is 0.373 e. The first-order valence-corrected chi connectivity index (χ1v) is 4.24. The van der Waals surface area contributed by atoms with Crippen molar-refractivity contribution >= 4 is 17.6 Å². The minimum absolute atomic E-state index is 0.798. The molecule has 2 rings (SSSR count). The average Bonchev–Trinajstić information content (AvgIpc) is 2.71. The number of nitrogens with zero attached hydrogens (tertiary/aromatic N) is 2. The van der Waals surface area contributed by atoms with Gasteiger partial charge in [-0.25, -0.2) is 4.98 Å². The molecule has 0 spiro atoms. The first kappa shape index (κ1) is 7.98. The molecule has 3 nitrogen and oxygen atoms in total. The highest BCUT2D eigenvalue weighted by Gasteiger charge is 2.02. The van der Waals surface area contributed by atoms with Crippen molar-refractivity contribution in [3.05, 3.63) is 30.0 Å². The van der Waals surface area contributed by atoms with Crippen LogP contribution >= 0.6 is 0 Å². The first-order chi connectivity index (χ1) is 6.40. The average molecular weight is 173 g/mol. The molecule has 1 N–H and O–H groups in total. The second kappa shape index (κ2) is 3.39. The second-order valence-electron chi connectivity index (χ2n) is 2.83. The van der Waals surface area contributed by atoms with Crippen molar-refractivity contribution < 1.29 is 0 Å². The Labute approximate surface area is 77.2 Å². The lowest BCUT2D eigenvalue weighted by Crippen LogP contribution is -1.93. The molecule has 1 aliphatic heterocycles. The Balaban J connectivity index is 2.35. The van der Waals surface area contributed by atoms with E-state index in [9.17, 15) is 0 Å². The maximum atomic E-state index is 4.15. The van der Waals surface area contributed by atoms with E-state index in [0.717, 1.165) is 12.4 Å². The fraction of sp³-hybridized carbons (Fsp3) is 0.200. The lowest BCUT2D eigenvalue weighted by atomic mass is 10.1. The monoisotopic (exact) mass is 173 g/mol. The van der Waals surface area contributed by atoms with Gasteiger partial charge in [0, 0.05) is 19.5 Å². The van der Waals surface area contributed by atoms with Crippen molar-refractivity contribution in [1.29, 1.82) is 0 Å². The van der Waals surface area contributed by atoms with E-state index in [0.29, 0.717) is 0 Å². The molecule has 13 heavy (non-hydrogen) atoms. The highest BCUT2D eigenvalue weighted by Crippen LogP contribution is 2.17. The van der Waals surface area contributed by atoms with Crippen LogP contribution in [0.4, 0.5) is 5.82 Å². The number of aliphatic imine (C=N–C) groups is 1. The fourth-order valence-electron chi connectivity index (χ4n) is 1.29. The Kier molecular flexibility index (Phi) is 2.08.